The summed E-state index contributed by atoms with van der Waals surface area (Å²) in [6, 6.07) is 13.6. The molecule has 7 nitrogen and oxygen atoms in total. The van der Waals surface area contributed by atoms with Gasteiger partial charge in [-0.1, -0.05) is 32.0 Å². The topological polar surface area (TPSA) is 79.4 Å². The lowest BCUT2D eigenvalue weighted by Crippen LogP contribution is -2.26. The normalized spacial score (nSPS) is 14.1. The van der Waals surface area contributed by atoms with Gasteiger partial charge in [0.1, 0.15) is 5.75 Å². The van der Waals surface area contributed by atoms with Crippen molar-refractivity contribution in [2.24, 2.45) is 0 Å². The third kappa shape index (κ3) is 3.58. The fourth-order valence-corrected chi connectivity index (χ4v) is 4.82. The maximum atomic E-state index is 13.1. The average molecular weight is 457 g/mol. The second-order valence-corrected chi connectivity index (χ2v) is 8.43. The van der Waals surface area contributed by atoms with Crippen molar-refractivity contribution >= 4 is 44.8 Å². The lowest BCUT2D eigenvalue weighted by atomic mass is 9.95. The molecule has 0 radical (unpaired) electrons. The number of ether oxygens (including phenoxy) is 1. The van der Waals surface area contributed by atoms with Crippen LogP contribution >= 0.6 is 0 Å². The predicted octanol–water partition coefficient (Wildman–Crippen LogP) is 4.04. The molecule has 0 atom stereocenters. The van der Waals surface area contributed by atoms with Crippen LogP contribution in [0.15, 0.2) is 54.9 Å². The van der Waals surface area contributed by atoms with Crippen molar-refractivity contribution in [1.29, 1.82) is 0 Å². The Labute approximate surface area is 198 Å². The Hall–Kier alpha value is -3.84. The van der Waals surface area contributed by atoms with E-state index in [-0.39, 0.29) is 11.8 Å². The number of imide groups is 1. The SMILES string of the molecule is CCN(CC)CCn1cc(C2=C(c3c[nH]c4ccccc34)C(=O)NC2=O)c2ccc(OC)cc21. The van der Waals surface area contributed by atoms with Crippen molar-refractivity contribution in [3.8, 4) is 5.75 Å². The molecule has 4 aromatic rings. The molecule has 0 fully saturated rings. The van der Waals surface area contributed by atoms with Gasteiger partial charge in [-0.05, 0) is 31.3 Å². The van der Waals surface area contributed by atoms with Crippen LogP contribution in [0.5, 0.6) is 5.75 Å². The molecule has 2 aromatic heterocycles. The molecule has 5 rings (SSSR count). The van der Waals surface area contributed by atoms with Crippen molar-refractivity contribution in [2.75, 3.05) is 26.7 Å². The van der Waals surface area contributed by atoms with Gasteiger partial charge in [-0.3, -0.25) is 14.9 Å². The van der Waals surface area contributed by atoms with Crippen LogP contribution in [0.2, 0.25) is 0 Å². The highest BCUT2D eigenvalue weighted by molar-refractivity contribution is 6.50. The van der Waals surface area contributed by atoms with E-state index in [0.29, 0.717) is 11.1 Å². The van der Waals surface area contributed by atoms with Gasteiger partial charge in [-0.2, -0.15) is 0 Å². The number of fused-ring (bicyclic) bond motifs is 2. The largest absolute Gasteiger partial charge is 0.497 e. The Morgan fingerprint density at radius 3 is 2.41 bits per heavy atom. The van der Waals surface area contributed by atoms with E-state index in [0.717, 1.165) is 64.9 Å². The van der Waals surface area contributed by atoms with Crippen LogP contribution in [0.1, 0.15) is 25.0 Å². The number of aromatic nitrogens is 2. The lowest BCUT2D eigenvalue weighted by molar-refractivity contribution is -0.122. The third-order valence-corrected chi connectivity index (χ3v) is 6.70. The standard InChI is InChI=1S/C27H28N4O3/c1-4-30(5-2)12-13-31-16-21(19-11-10-17(34-3)14-23(19)31)25-24(26(32)29-27(25)33)20-15-28-22-9-7-6-8-18(20)22/h6-11,14-16,28H,4-5,12-13H2,1-3H3,(H,29,32,33). The third-order valence-electron chi connectivity index (χ3n) is 6.70. The van der Waals surface area contributed by atoms with Gasteiger partial charge >= 0.3 is 0 Å². The van der Waals surface area contributed by atoms with Gasteiger partial charge in [0.05, 0.1) is 23.8 Å². The van der Waals surface area contributed by atoms with Crippen LogP contribution in [0.4, 0.5) is 0 Å². The zero-order chi connectivity index (χ0) is 23.8. The summed E-state index contributed by atoms with van der Waals surface area (Å²) in [5, 5.41) is 4.35. The van der Waals surface area contributed by atoms with Gasteiger partial charge in [0.15, 0.2) is 0 Å². The van der Waals surface area contributed by atoms with E-state index < -0.39 is 0 Å². The van der Waals surface area contributed by atoms with Crippen LogP contribution in [-0.4, -0.2) is 53.0 Å². The first-order valence-corrected chi connectivity index (χ1v) is 11.6. The summed E-state index contributed by atoms with van der Waals surface area (Å²) in [6.07, 6.45) is 3.80. The van der Waals surface area contributed by atoms with E-state index in [4.69, 9.17) is 4.74 Å². The zero-order valence-electron chi connectivity index (χ0n) is 19.6. The number of nitrogens with zero attached hydrogens (tertiary/aromatic N) is 2. The number of para-hydroxylation sites is 1. The maximum absolute atomic E-state index is 13.1. The second kappa shape index (κ2) is 8.83. The van der Waals surface area contributed by atoms with Gasteiger partial charge in [0, 0.05) is 59.0 Å². The molecule has 7 heteroatoms. The zero-order valence-corrected chi connectivity index (χ0v) is 19.6. The van der Waals surface area contributed by atoms with E-state index >= 15 is 0 Å². The molecule has 0 saturated heterocycles. The van der Waals surface area contributed by atoms with E-state index in [1.807, 2.05) is 48.7 Å². The Kier molecular flexibility index (Phi) is 5.71. The molecule has 2 aromatic carbocycles. The van der Waals surface area contributed by atoms with Crippen LogP contribution in [0.3, 0.4) is 0 Å². The molecule has 1 aliphatic heterocycles. The molecule has 0 aliphatic carbocycles. The predicted molar refractivity (Wildman–Crippen MR) is 135 cm³/mol. The summed E-state index contributed by atoms with van der Waals surface area (Å²) >= 11 is 0. The molecule has 2 amide bonds. The first kappa shape index (κ1) is 22.0. The second-order valence-electron chi connectivity index (χ2n) is 8.43. The van der Waals surface area contributed by atoms with Crippen LogP contribution < -0.4 is 10.1 Å². The number of aromatic amines is 1. The van der Waals surface area contributed by atoms with E-state index in [9.17, 15) is 9.59 Å². The Morgan fingerprint density at radius 1 is 0.941 bits per heavy atom. The lowest BCUT2D eigenvalue weighted by Gasteiger charge is -2.18. The molecular weight excluding hydrogens is 428 g/mol. The number of H-pyrrole nitrogens is 1. The number of hydrogen-bond donors (Lipinski definition) is 2. The maximum Gasteiger partial charge on any atom is 0.259 e. The van der Waals surface area contributed by atoms with Crippen molar-refractivity contribution < 1.29 is 14.3 Å². The van der Waals surface area contributed by atoms with Gasteiger partial charge in [0.2, 0.25) is 0 Å². The number of carbonyl (C=O) groups is 2. The average Bonchev–Trinajstić information content (AvgIpc) is 3.52. The number of carbonyl (C=O) groups excluding carboxylic acids is 2. The summed E-state index contributed by atoms with van der Waals surface area (Å²) in [5.74, 6) is 0.00483. The smallest absolute Gasteiger partial charge is 0.259 e. The minimum Gasteiger partial charge on any atom is -0.497 e. The molecule has 2 N–H and O–H groups in total. The Bertz CT molecular complexity index is 1440. The van der Waals surface area contributed by atoms with Gasteiger partial charge in [-0.15, -0.1) is 0 Å². The fourth-order valence-electron chi connectivity index (χ4n) is 4.82. The van der Waals surface area contributed by atoms with Gasteiger partial charge in [0.25, 0.3) is 11.8 Å². The number of rotatable bonds is 8. The minimum atomic E-state index is -0.373. The van der Waals surface area contributed by atoms with Crippen LogP contribution in [0, 0.1) is 0 Å². The molecule has 0 spiro atoms. The Balaban J connectivity index is 1.71. The fraction of sp³-hybridized carbons (Fsp3) is 0.259. The summed E-state index contributed by atoms with van der Waals surface area (Å²) in [6.45, 7) is 7.89. The summed E-state index contributed by atoms with van der Waals surface area (Å²) in [7, 11) is 1.64. The first-order chi connectivity index (χ1) is 16.5. The molecule has 0 saturated carbocycles. The highest BCUT2D eigenvalue weighted by Gasteiger charge is 2.35. The number of benzene rings is 2. The number of likely N-dealkylation sites (N-methyl/N-ethyl adjacent to an activating group) is 1. The minimum absolute atomic E-state index is 0.371. The van der Waals surface area contributed by atoms with Crippen LogP contribution in [-0.2, 0) is 16.1 Å². The highest BCUT2D eigenvalue weighted by Crippen LogP contribution is 2.39. The van der Waals surface area contributed by atoms with E-state index in [1.54, 1.807) is 13.3 Å². The Morgan fingerprint density at radius 2 is 1.68 bits per heavy atom. The molecule has 0 unspecified atom stereocenters. The number of nitrogens with one attached hydrogen (secondary N) is 2. The van der Waals surface area contributed by atoms with Crippen molar-refractivity contribution in [1.82, 2.24) is 19.8 Å². The summed E-state index contributed by atoms with van der Waals surface area (Å²) < 4.78 is 7.63. The quantitative estimate of drug-likeness (QED) is 0.392. The van der Waals surface area contributed by atoms with Gasteiger partial charge in [-0.25, -0.2) is 0 Å². The van der Waals surface area contributed by atoms with Crippen molar-refractivity contribution in [3.05, 3.63) is 66.0 Å². The number of hydrogen-bond acceptors (Lipinski definition) is 4. The molecule has 1 aliphatic rings. The van der Waals surface area contributed by atoms with Crippen molar-refractivity contribution in [2.45, 2.75) is 20.4 Å². The molecule has 3 heterocycles. The molecular formula is C27H28N4O3. The number of methoxy groups -OCH3 is 1. The van der Waals surface area contributed by atoms with E-state index in [2.05, 4.69) is 33.6 Å². The monoisotopic (exact) mass is 456 g/mol. The van der Waals surface area contributed by atoms with Gasteiger partial charge < -0.3 is 19.2 Å². The van der Waals surface area contributed by atoms with Crippen molar-refractivity contribution in [3.63, 3.8) is 0 Å². The number of amides is 2. The molecule has 0 bridgehead atoms. The van der Waals surface area contributed by atoms with E-state index in [1.165, 1.54) is 0 Å². The summed E-state index contributed by atoms with van der Waals surface area (Å²) in [5.41, 5.74) is 4.18. The first-order valence-electron chi connectivity index (χ1n) is 11.6. The molecule has 34 heavy (non-hydrogen) atoms. The van der Waals surface area contributed by atoms with Crippen LogP contribution in [0.25, 0.3) is 33.0 Å². The summed E-state index contributed by atoms with van der Waals surface area (Å²) in [4.78, 5) is 31.7. The molecule has 174 valence electrons. The highest BCUT2D eigenvalue weighted by atomic mass is 16.5.